The van der Waals surface area contributed by atoms with Gasteiger partial charge in [0.15, 0.2) is 11.6 Å². The second kappa shape index (κ2) is 12.3. The Balaban J connectivity index is 1.25. The number of hydrogen-bond acceptors (Lipinski definition) is 4. The number of aliphatic hydroxyl groups is 1. The first-order valence-corrected chi connectivity index (χ1v) is 11.9. The molecule has 0 bridgehead atoms. The molecular weight excluding hydrogens is 481 g/mol. The summed E-state index contributed by atoms with van der Waals surface area (Å²) in [4.78, 5) is 16.6. The maximum atomic E-state index is 14.0. The third-order valence-electron chi connectivity index (χ3n) is 5.94. The van der Waals surface area contributed by atoms with Gasteiger partial charge in [0.05, 0.1) is 19.1 Å². The van der Waals surface area contributed by atoms with Crippen LogP contribution in [-0.2, 0) is 24.2 Å². The summed E-state index contributed by atoms with van der Waals surface area (Å²) in [6.07, 6.45) is 2.95. The van der Waals surface area contributed by atoms with Crippen LogP contribution in [0.3, 0.4) is 0 Å². The number of amides is 1. The van der Waals surface area contributed by atoms with Crippen LogP contribution < -0.4 is 10.6 Å². The summed E-state index contributed by atoms with van der Waals surface area (Å²) >= 11 is 0. The van der Waals surface area contributed by atoms with Crippen LogP contribution >= 0.6 is 0 Å². The third-order valence-corrected chi connectivity index (χ3v) is 5.94. The Morgan fingerprint density at radius 3 is 2.46 bits per heavy atom. The standard InChI is InChI=1S/C28H27F3N4O2/c29-23-10-11-24(30)28(31)22(23)18-35-15-14-33-26(35)16-27(37)34-21-8-6-19(7-9-21)12-13-32-17-25(36)20-4-2-1-3-5-20/h1-11,14-15,25,32,36H,12-13,16-18H2,(H,34,37)/t25-/m0/s1. The number of rotatable bonds is 11. The first kappa shape index (κ1) is 26.1. The predicted molar refractivity (Wildman–Crippen MR) is 134 cm³/mol. The number of nitrogens with one attached hydrogen (secondary N) is 2. The van der Waals surface area contributed by atoms with Crippen molar-refractivity contribution in [2.75, 3.05) is 18.4 Å². The van der Waals surface area contributed by atoms with E-state index in [4.69, 9.17) is 0 Å². The summed E-state index contributed by atoms with van der Waals surface area (Å²) in [5.41, 5.74) is 2.10. The highest BCUT2D eigenvalue weighted by Crippen LogP contribution is 2.18. The van der Waals surface area contributed by atoms with Gasteiger partial charge in [0.1, 0.15) is 11.6 Å². The van der Waals surface area contributed by atoms with Crippen molar-refractivity contribution in [1.29, 1.82) is 0 Å². The van der Waals surface area contributed by atoms with Gasteiger partial charge in [-0.25, -0.2) is 18.2 Å². The van der Waals surface area contributed by atoms with E-state index >= 15 is 0 Å². The summed E-state index contributed by atoms with van der Waals surface area (Å²) in [5, 5.41) is 16.2. The Morgan fingerprint density at radius 2 is 1.70 bits per heavy atom. The van der Waals surface area contributed by atoms with Gasteiger partial charge in [-0.15, -0.1) is 0 Å². The molecule has 0 aliphatic carbocycles. The number of imidazole rings is 1. The predicted octanol–water partition coefficient (Wildman–Crippen LogP) is 4.40. The number of hydrogen-bond donors (Lipinski definition) is 3. The van der Waals surface area contributed by atoms with Crippen LogP contribution in [0.4, 0.5) is 18.9 Å². The fourth-order valence-electron chi connectivity index (χ4n) is 3.90. The molecule has 37 heavy (non-hydrogen) atoms. The molecule has 6 nitrogen and oxygen atoms in total. The van der Waals surface area contributed by atoms with Crippen molar-refractivity contribution in [3.05, 3.63) is 119 Å². The zero-order valence-electron chi connectivity index (χ0n) is 20.0. The molecule has 1 aromatic heterocycles. The number of halogens is 3. The number of benzene rings is 3. The van der Waals surface area contributed by atoms with Gasteiger partial charge in [-0.3, -0.25) is 4.79 Å². The van der Waals surface area contributed by atoms with Gasteiger partial charge in [-0.05, 0) is 48.4 Å². The van der Waals surface area contributed by atoms with Crippen LogP contribution in [0.2, 0.25) is 0 Å². The summed E-state index contributed by atoms with van der Waals surface area (Å²) in [6, 6.07) is 18.4. The minimum atomic E-state index is -1.26. The van der Waals surface area contributed by atoms with Crippen LogP contribution in [0.1, 0.15) is 28.6 Å². The average molecular weight is 509 g/mol. The Bertz CT molecular complexity index is 1330. The minimum absolute atomic E-state index is 0.124. The second-order valence-corrected chi connectivity index (χ2v) is 8.60. The molecule has 1 heterocycles. The summed E-state index contributed by atoms with van der Waals surface area (Å²) in [5.74, 6) is -3.32. The Kier molecular flexibility index (Phi) is 8.71. The maximum absolute atomic E-state index is 14.0. The lowest BCUT2D eigenvalue weighted by Crippen LogP contribution is -2.23. The smallest absolute Gasteiger partial charge is 0.231 e. The van der Waals surface area contributed by atoms with Crippen molar-refractivity contribution in [2.45, 2.75) is 25.5 Å². The van der Waals surface area contributed by atoms with Gasteiger partial charge in [0.2, 0.25) is 5.91 Å². The molecule has 0 aliphatic heterocycles. The van der Waals surface area contributed by atoms with E-state index in [1.54, 1.807) is 12.1 Å². The SMILES string of the molecule is O=C(Cc1nccn1Cc1c(F)ccc(F)c1F)Nc1ccc(CCNC[C@H](O)c2ccccc2)cc1. The summed E-state index contributed by atoms with van der Waals surface area (Å²) in [7, 11) is 0. The van der Waals surface area contributed by atoms with Gasteiger partial charge in [-0.2, -0.15) is 0 Å². The lowest BCUT2D eigenvalue weighted by molar-refractivity contribution is -0.115. The molecule has 0 fully saturated rings. The molecule has 4 rings (SSSR count). The number of aliphatic hydroxyl groups excluding tert-OH is 1. The molecule has 1 atom stereocenters. The molecule has 3 aromatic carbocycles. The normalized spacial score (nSPS) is 11.9. The van der Waals surface area contributed by atoms with Crippen molar-refractivity contribution in [3.8, 4) is 0 Å². The Hall–Kier alpha value is -3.95. The molecule has 0 saturated heterocycles. The zero-order valence-corrected chi connectivity index (χ0v) is 20.0. The van der Waals surface area contributed by atoms with Gasteiger partial charge in [0, 0.05) is 30.2 Å². The lowest BCUT2D eigenvalue weighted by Gasteiger charge is -2.12. The quantitative estimate of drug-likeness (QED) is 0.207. The fraction of sp³-hybridized carbons (Fsp3) is 0.214. The summed E-state index contributed by atoms with van der Waals surface area (Å²) < 4.78 is 43.0. The molecule has 0 radical (unpaired) electrons. The van der Waals surface area contributed by atoms with Crippen molar-refractivity contribution in [1.82, 2.24) is 14.9 Å². The van der Waals surface area contributed by atoms with E-state index in [-0.39, 0.29) is 18.9 Å². The Morgan fingerprint density at radius 1 is 0.973 bits per heavy atom. The van der Waals surface area contributed by atoms with E-state index in [1.807, 2.05) is 42.5 Å². The van der Waals surface area contributed by atoms with Crippen LogP contribution in [0.15, 0.2) is 79.1 Å². The van der Waals surface area contributed by atoms with Crippen LogP contribution in [0, 0.1) is 17.5 Å². The monoisotopic (exact) mass is 508 g/mol. The van der Waals surface area contributed by atoms with Crippen LogP contribution in [-0.4, -0.2) is 33.7 Å². The van der Waals surface area contributed by atoms with Gasteiger partial charge < -0.3 is 20.3 Å². The van der Waals surface area contributed by atoms with Crippen molar-refractivity contribution < 1.29 is 23.1 Å². The van der Waals surface area contributed by atoms with E-state index in [2.05, 4.69) is 15.6 Å². The molecule has 0 spiro atoms. The number of anilines is 1. The Labute approximate surface area is 212 Å². The molecule has 0 unspecified atom stereocenters. The van der Waals surface area contributed by atoms with E-state index in [0.29, 0.717) is 24.6 Å². The second-order valence-electron chi connectivity index (χ2n) is 8.60. The lowest BCUT2D eigenvalue weighted by atomic mass is 10.1. The number of aromatic nitrogens is 2. The number of carbonyl (C=O) groups is 1. The van der Waals surface area contributed by atoms with E-state index in [1.165, 1.54) is 17.0 Å². The number of carbonyl (C=O) groups excluding carboxylic acids is 1. The molecule has 0 saturated carbocycles. The summed E-state index contributed by atoms with van der Waals surface area (Å²) in [6.45, 7) is 0.848. The molecule has 3 N–H and O–H groups in total. The van der Waals surface area contributed by atoms with E-state index in [9.17, 15) is 23.1 Å². The minimum Gasteiger partial charge on any atom is -0.387 e. The molecule has 4 aromatic rings. The van der Waals surface area contributed by atoms with Crippen molar-refractivity contribution in [3.63, 3.8) is 0 Å². The van der Waals surface area contributed by atoms with Gasteiger partial charge >= 0.3 is 0 Å². The molecule has 192 valence electrons. The molecule has 0 aliphatic rings. The van der Waals surface area contributed by atoms with E-state index < -0.39 is 29.1 Å². The topological polar surface area (TPSA) is 79.2 Å². The molecular formula is C28H27F3N4O2. The first-order chi connectivity index (χ1) is 17.9. The van der Waals surface area contributed by atoms with Gasteiger partial charge in [-0.1, -0.05) is 42.5 Å². The highest BCUT2D eigenvalue weighted by molar-refractivity contribution is 5.91. The third kappa shape index (κ3) is 7.05. The average Bonchev–Trinajstić information content (AvgIpc) is 3.34. The molecule has 1 amide bonds. The van der Waals surface area contributed by atoms with E-state index in [0.717, 1.165) is 29.7 Å². The zero-order chi connectivity index (χ0) is 26.2. The van der Waals surface area contributed by atoms with Crippen LogP contribution in [0.5, 0.6) is 0 Å². The van der Waals surface area contributed by atoms with Crippen molar-refractivity contribution in [2.24, 2.45) is 0 Å². The first-order valence-electron chi connectivity index (χ1n) is 11.9. The fourth-order valence-corrected chi connectivity index (χ4v) is 3.90. The largest absolute Gasteiger partial charge is 0.387 e. The van der Waals surface area contributed by atoms with Crippen LogP contribution in [0.25, 0.3) is 0 Å². The number of nitrogens with zero attached hydrogens (tertiary/aromatic N) is 2. The maximum Gasteiger partial charge on any atom is 0.231 e. The van der Waals surface area contributed by atoms with Crippen molar-refractivity contribution >= 4 is 11.6 Å². The highest BCUT2D eigenvalue weighted by Gasteiger charge is 2.17. The molecule has 9 heteroatoms. The van der Waals surface area contributed by atoms with Gasteiger partial charge in [0.25, 0.3) is 0 Å². The highest BCUT2D eigenvalue weighted by atomic mass is 19.2.